The van der Waals surface area contributed by atoms with Crippen LogP contribution < -0.4 is 0 Å². The fraction of sp³-hybridized carbons (Fsp3) is 0. The summed E-state index contributed by atoms with van der Waals surface area (Å²) in [7, 11) is 0. The summed E-state index contributed by atoms with van der Waals surface area (Å²) in [6, 6.07) is 6.08. The van der Waals surface area contributed by atoms with E-state index in [0.717, 1.165) is 9.08 Å². The average Bonchev–Trinajstić information content (AvgIpc) is 2.35. The smallest absolute Gasteiger partial charge is 0.127 e. The molecule has 0 spiro atoms. The molecule has 2 aromatic rings. The Labute approximate surface area is 84.8 Å². The molecule has 0 fully saturated rings. The van der Waals surface area contributed by atoms with Crippen LogP contribution in [0.2, 0.25) is 0 Å². The Hall–Kier alpha value is 0.0700. The standard InChI is InChI=1S/C7H3Br2NS/c8-5-3-1-2-4-6(5)11-10-7(4)9/h1-3H. The van der Waals surface area contributed by atoms with Crippen molar-refractivity contribution in [2.45, 2.75) is 0 Å². The number of aromatic nitrogens is 1. The second kappa shape index (κ2) is 2.84. The number of rotatable bonds is 0. The maximum atomic E-state index is 4.18. The maximum Gasteiger partial charge on any atom is 0.127 e. The molecule has 0 N–H and O–H groups in total. The van der Waals surface area contributed by atoms with Crippen LogP contribution in [-0.4, -0.2) is 4.37 Å². The van der Waals surface area contributed by atoms with Crippen molar-refractivity contribution in [2.75, 3.05) is 0 Å². The largest absolute Gasteiger partial charge is 0.184 e. The van der Waals surface area contributed by atoms with Gasteiger partial charge in [-0.3, -0.25) is 0 Å². The van der Waals surface area contributed by atoms with Crippen LogP contribution in [0.1, 0.15) is 0 Å². The van der Waals surface area contributed by atoms with Gasteiger partial charge >= 0.3 is 0 Å². The third-order valence-corrected chi connectivity index (χ3v) is 4.07. The van der Waals surface area contributed by atoms with Gasteiger partial charge in [0.15, 0.2) is 0 Å². The van der Waals surface area contributed by atoms with E-state index in [4.69, 9.17) is 0 Å². The van der Waals surface area contributed by atoms with Crippen molar-refractivity contribution >= 4 is 53.5 Å². The lowest BCUT2D eigenvalue weighted by Gasteiger charge is -1.89. The molecule has 0 unspecified atom stereocenters. The van der Waals surface area contributed by atoms with Gasteiger partial charge in [-0.1, -0.05) is 12.1 Å². The molecule has 0 radical (unpaired) electrons. The molecule has 56 valence electrons. The van der Waals surface area contributed by atoms with Gasteiger partial charge in [0, 0.05) is 9.86 Å². The lowest BCUT2D eigenvalue weighted by Crippen LogP contribution is -1.65. The first-order valence-electron chi connectivity index (χ1n) is 2.98. The zero-order valence-electron chi connectivity index (χ0n) is 5.34. The summed E-state index contributed by atoms with van der Waals surface area (Å²) in [5, 5.41) is 1.17. The van der Waals surface area contributed by atoms with Crippen molar-refractivity contribution in [1.29, 1.82) is 0 Å². The van der Waals surface area contributed by atoms with Gasteiger partial charge in [-0.15, -0.1) is 0 Å². The molecule has 11 heavy (non-hydrogen) atoms. The summed E-state index contributed by atoms with van der Waals surface area (Å²) in [5.41, 5.74) is 0. The Morgan fingerprint density at radius 3 is 2.82 bits per heavy atom. The summed E-state index contributed by atoms with van der Waals surface area (Å²) in [4.78, 5) is 0. The Kier molecular flexibility index (Phi) is 1.99. The molecule has 0 aliphatic carbocycles. The first-order chi connectivity index (χ1) is 5.29. The van der Waals surface area contributed by atoms with E-state index in [1.165, 1.54) is 21.6 Å². The molecule has 0 saturated heterocycles. The average molecular weight is 293 g/mol. The summed E-state index contributed by atoms with van der Waals surface area (Å²) in [6.45, 7) is 0. The SMILES string of the molecule is Brc1nsc2c(Br)cccc12. The van der Waals surface area contributed by atoms with Crippen LogP contribution in [0.15, 0.2) is 27.3 Å². The van der Waals surface area contributed by atoms with Crippen LogP contribution in [0.3, 0.4) is 0 Å². The minimum atomic E-state index is 0.929. The van der Waals surface area contributed by atoms with Gasteiger partial charge in [-0.05, 0) is 49.5 Å². The van der Waals surface area contributed by atoms with Gasteiger partial charge in [0.05, 0.1) is 4.70 Å². The first kappa shape index (κ1) is 7.71. The van der Waals surface area contributed by atoms with Gasteiger partial charge in [0.2, 0.25) is 0 Å². The zero-order chi connectivity index (χ0) is 7.84. The molecule has 0 aliphatic rings. The molecular formula is C7H3Br2NS. The molecule has 2 rings (SSSR count). The van der Waals surface area contributed by atoms with Crippen LogP contribution in [0.5, 0.6) is 0 Å². The van der Waals surface area contributed by atoms with E-state index in [1.54, 1.807) is 0 Å². The lowest BCUT2D eigenvalue weighted by atomic mass is 10.3. The Morgan fingerprint density at radius 2 is 2.09 bits per heavy atom. The minimum Gasteiger partial charge on any atom is -0.184 e. The Bertz CT molecular complexity index is 396. The van der Waals surface area contributed by atoms with Crippen molar-refractivity contribution in [3.05, 3.63) is 27.3 Å². The normalized spacial score (nSPS) is 10.7. The van der Waals surface area contributed by atoms with Crippen LogP contribution in [-0.2, 0) is 0 Å². The lowest BCUT2D eigenvalue weighted by molar-refractivity contribution is 1.53. The first-order valence-corrected chi connectivity index (χ1v) is 5.34. The van der Waals surface area contributed by atoms with Crippen LogP contribution >= 0.6 is 43.4 Å². The number of halogens is 2. The minimum absolute atomic E-state index is 0.929. The van der Waals surface area contributed by atoms with E-state index in [0.29, 0.717) is 0 Å². The predicted molar refractivity (Wildman–Crippen MR) is 55.0 cm³/mol. The Balaban J connectivity index is 2.94. The summed E-state index contributed by atoms with van der Waals surface area (Å²) >= 11 is 8.34. The monoisotopic (exact) mass is 291 g/mol. The molecule has 1 aromatic carbocycles. The third-order valence-electron chi connectivity index (χ3n) is 1.41. The van der Waals surface area contributed by atoms with E-state index in [1.807, 2.05) is 18.2 Å². The quantitative estimate of drug-likeness (QED) is 0.719. The predicted octanol–water partition coefficient (Wildman–Crippen LogP) is 3.82. The highest BCUT2D eigenvalue weighted by molar-refractivity contribution is 9.11. The number of benzene rings is 1. The van der Waals surface area contributed by atoms with Crippen LogP contribution in [0.4, 0.5) is 0 Å². The molecule has 0 aliphatic heterocycles. The van der Waals surface area contributed by atoms with Crippen LogP contribution in [0, 0.1) is 0 Å². The van der Waals surface area contributed by atoms with E-state index >= 15 is 0 Å². The number of nitrogens with zero attached hydrogens (tertiary/aromatic N) is 1. The van der Waals surface area contributed by atoms with E-state index < -0.39 is 0 Å². The third kappa shape index (κ3) is 1.23. The molecule has 1 aromatic heterocycles. The molecule has 1 nitrogen and oxygen atoms in total. The summed E-state index contributed by atoms with van der Waals surface area (Å²) in [5.74, 6) is 0. The van der Waals surface area contributed by atoms with Crippen molar-refractivity contribution in [3.8, 4) is 0 Å². The van der Waals surface area contributed by atoms with Gasteiger partial charge in [-0.25, -0.2) is 0 Å². The van der Waals surface area contributed by atoms with Gasteiger partial charge in [-0.2, -0.15) is 4.37 Å². The van der Waals surface area contributed by atoms with Crippen molar-refractivity contribution in [1.82, 2.24) is 4.37 Å². The van der Waals surface area contributed by atoms with Crippen molar-refractivity contribution in [2.24, 2.45) is 0 Å². The van der Waals surface area contributed by atoms with E-state index in [-0.39, 0.29) is 0 Å². The second-order valence-electron chi connectivity index (χ2n) is 2.09. The highest BCUT2D eigenvalue weighted by atomic mass is 79.9. The summed E-state index contributed by atoms with van der Waals surface area (Å²) < 4.78 is 7.42. The number of hydrogen-bond donors (Lipinski definition) is 0. The molecular weight excluding hydrogens is 290 g/mol. The topological polar surface area (TPSA) is 12.9 Å². The zero-order valence-corrected chi connectivity index (χ0v) is 9.33. The second-order valence-corrected chi connectivity index (χ2v) is 4.47. The van der Waals surface area contributed by atoms with Crippen molar-refractivity contribution < 1.29 is 0 Å². The Morgan fingerprint density at radius 1 is 1.27 bits per heavy atom. The number of hydrogen-bond acceptors (Lipinski definition) is 2. The molecule has 0 saturated carbocycles. The highest BCUT2D eigenvalue weighted by Gasteiger charge is 2.04. The van der Waals surface area contributed by atoms with Gasteiger partial charge in [0.25, 0.3) is 0 Å². The van der Waals surface area contributed by atoms with Crippen LogP contribution in [0.25, 0.3) is 10.1 Å². The molecule has 0 atom stereocenters. The fourth-order valence-electron chi connectivity index (χ4n) is 0.899. The van der Waals surface area contributed by atoms with Gasteiger partial charge < -0.3 is 0 Å². The van der Waals surface area contributed by atoms with Gasteiger partial charge in [0.1, 0.15) is 4.60 Å². The molecule has 4 heteroatoms. The fourth-order valence-corrected chi connectivity index (χ4v) is 2.85. The van der Waals surface area contributed by atoms with E-state index in [9.17, 15) is 0 Å². The van der Waals surface area contributed by atoms with Crippen molar-refractivity contribution in [3.63, 3.8) is 0 Å². The summed E-state index contributed by atoms with van der Waals surface area (Å²) in [6.07, 6.45) is 0. The number of fused-ring (bicyclic) bond motifs is 1. The van der Waals surface area contributed by atoms with E-state index in [2.05, 4.69) is 36.2 Å². The maximum absolute atomic E-state index is 4.18. The molecule has 0 amide bonds. The highest BCUT2D eigenvalue weighted by Crippen LogP contribution is 2.32. The molecule has 1 heterocycles. The molecule has 0 bridgehead atoms.